The minimum absolute atomic E-state index is 0.0103. The third-order valence-electron chi connectivity index (χ3n) is 9.09. The maximum Gasteiger partial charge on any atom is 0.472 e. The molecule has 2 atom stereocenters. The molecule has 0 bridgehead atoms. The van der Waals surface area contributed by atoms with E-state index in [2.05, 4.69) is 26.0 Å². The molecular weight excluding hydrogens is 729 g/mol. The second kappa shape index (κ2) is 36.9. The van der Waals surface area contributed by atoms with Crippen molar-refractivity contribution >= 4 is 25.5 Å². The topological polar surface area (TPSA) is 125 Å². The second-order valence-corrected chi connectivity index (χ2v) is 17.2. The molecule has 0 aliphatic heterocycles. The number of likely N-dealkylation sites (N-methyl/N-ethyl adjacent to an activating group) is 1. The van der Waals surface area contributed by atoms with Crippen molar-refractivity contribution < 1.29 is 46.8 Å². The number of phosphoric acid groups is 1. The molecule has 0 amide bonds. The van der Waals surface area contributed by atoms with E-state index in [0.29, 0.717) is 30.3 Å². The molecule has 0 aliphatic carbocycles. The number of allylic oxidation sites excluding steroid dienone is 8. The van der Waals surface area contributed by atoms with Crippen molar-refractivity contribution in [2.75, 3.05) is 47.5 Å². The number of quaternary nitrogens is 1. The summed E-state index contributed by atoms with van der Waals surface area (Å²) in [6.07, 6.45) is 38.6. The Hall–Kier alpha value is -2.36. The van der Waals surface area contributed by atoms with Gasteiger partial charge in [0.1, 0.15) is 19.8 Å². The fourth-order valence-corrected chi connectivity index (χ4v) is 6.35. The molecule has 0 rings (SSSR count). The van der Waals surface area contributed by atoms with Gasteiger partial charge in [0.15, 0.2) is 11.9 Å². The smallest absolute Gasteiger partial charge is 0.462 e. The Labute approximate surface area is 341 Å². The van der Waals surface area contributed by atoms with E-state index in [-0.39, 0.29) is 31.8 Å². The van der Waals surface area contributed by atoms with Crippen molar-refractivity contribution in [2.45, 2.75) is 174 Å². The summed E-state index contributed by atoms with van der Waals surface area (Å²) >= 11 is 0. The number of carbonyl (C=O) groups is 3. The zero-order valence-corrected chi connectivity index (χ0v) is 37.0. The quantitative estimate of drug-likeness (QED) is 0.0123. The Morgan fingerprint density at radius 3 is 1.73 bits per heavy atom. The van der Waals surface area contributed by atoms with Gasteiger partial charge < -0.3 is 18.9 Å². The van der Waals surface area contributed by atoms with Crippen LogP contribution >= 0.6 is 7.82 Å². The van der Waals surface area contributed by atoms with E-state index < -0.39 is 32.5 Å². The SMILES string of the molecule is CCCCCCCCCCCCCCCCC(=O)OC[C@H](COP(=O)(O)OCC[N+](C)(C)C)OC(=O)CCC/C=C\C/C=C\C/C=C\C=C\C(=O)CCCCC. The van der Waals surface area contributed by atoms with E-state index in [0.717, 1.165) is 51.4 Å². The lowest BCUT2D eigenvalue weighted by atomic mass is 10.0. The number of nitrogens with zero attached hydrogens (tertiary/aromatic N) is 1. The summed E-state index contributed by atoms with van der Waals surface area (Å²) < 4.78 is 34.2. The zero-order valence-electron chi connectivity index (χ0n) is 36.1. The number of ether oxygens (including phenoxy) is 2. The van der Waals surface area contributed by atoms with E-state index in [1.165, 1.54) is 70.6 Å². The molecule has 0 aromatic carbocycles. The molecule has 10 nitrogen and oxygen atoms in total. The van der Waals surface area contributed by atoms with Crippen molar-refractivity contribution in [2.24, 2.45) is 0 Å². The summed E-state index contributed by atoms with van der Waals surface area (Å²) in [5, 5.41) is 0. The van der Waals surface area contributed by atoms with Gasteiger partial charge in [0.25, 0.3) is 0 Å². The second-order valence-electron chi connectivity index (χ2n) is 15.8. The van der Waals surface area contributed by atoms with Crippen LogP contribution in [0, 0.1) is 0 Å². The van der Waals surface area contributed by atoms with Crippen LogP contribution < -0.4 is 0 Å². The first kappa shape index (κ1) is 53.6. The lowest BCUT2D eigenvalue weighted by Gasteiger charge is -2.24. The third kappa shape index (κ3) is 39.9. The van der Waals surface area contributed by atoms with E-state index in [9.17, 15) is 23.8 Å². The largest absolute Gasteiger partial charge is 0.472 e. The van der Waals surface area contributed by atoms with Gasteiger partial charge in [-0.1, -0.05) is 153 Å². The van der Waals surface area contributed by atoms with E-state index in [1.54, 1.807) is 12.2 Å². The number of rotatable bonds is 39. The number of carbonyl (C=O) groups excluding carboxylic acids is 3. The normalized spacial score (nSPS) is 14.0. The van der Waals surface area contributed by atoms with Crippen molar-refractivity contribution in [3.8, 4) is 0 Å². The fraction of sp³-hybridized carbons (Fsp3) is 0.756. The van der Waals surface area contributed by atoms with Gasteiger partial charge in [-0.05, 0) is 44.6 Å². The van der Waals surface area contributed by atoms with Crippen LogP contribution in [-0.4, -0.2) is 80.7 Å². The molecule has 0 saturated carbocycles. The predicted octanol–water partition coefficient (Wildman–Crippen LogP) is 11.5. The summed E-state index contributed by atoms with van der Waals surface area (Å²) in [4.78, 5) is 47.0. The van der Waals surface area contributed by atoms with Gasteiger partial charge >= 0.3 is 19.8 Å². The van der Waals surface area contributed by atoms with E-state index in [1.807, 2.05) is 45.4 Å². The van der Waals surface area contributed by atoms with Gasteiger partial charge in [0, 0.05) is 19.3 Å². The van der Waals surface area contributed by atoms with Gasteiger partial charge in [-0.2, -0.15) is 0 Å². The van der Waals surface area contributed by atoms with Crippen LogP contribution in [0.3, 0.4) is 0 Å². The van der Waals surface area contributed by atoms with Crippen molar-refractivity contribution in [1.82, 2.24) is 0 Å². The highest BCUT2D eigenvalue weighted by Gasteiger charge is 2.27. The van der Waals surface area contributed by atoms with Gasteiger partial charge in [-0.15, -0.1) is 0 Å². The molecule has 0 saturated heterocycles. The molecule has 0 radical (unpaired) electrons. The summed E-state index contributed by atoms with van der Waals surface area (Å²) in [6.45, 7) is 4.17. The third-order valence-corrected chi connectivity index (χ3v) is 10.1. The van der Waals surface area contributed by atoms with Crippen LogP contribution in [0.2, 0.25) is 0 Å². The molecule has 1 unspecified atom stereocenters. The van der Waals surface area contributed by atoms with Crippen LogP contribution in [0.25, 0.3) is 0 Å². The van der Waals surface area contributed by atoms with Crippen LogP contribution in [0.15, 0.2) is 48.6 Å². The molecule has 0 aromatic heterocycles. The molecule has 56 heavy (non-hydrogen) atoms. The standard InChI is InChI=1S/C45H80NO9P/c1-6-8-10-11-12-13-14-15-16-19-22-25-28-32-36-44(48)52-40-43(41-54-56(50,51)53-39-38-46(3,4)5)55-45(49)37-33-29-26-23-20-17-18-21-24-27-31-35-42(47)34-30-9-7-2/h17-18,23-24,26-27,31,35,43H,6-16,19-22,25,28-30,32-34,36-41H2,1-5H3/p+1/b18-17-,26-23-,27-24-,35-31+/t43-/m1/s1. The number of esters is 2. The Kier molecular flexibility index (Phi) is 35.4. The number of unbranched alkanes of at least 4 members (excludes halogenated alkanes) is 16. The van der Waals surface area contributed by atoms with Crippen molar-refractivity contribution in [3.05, 3.63) is 48.6 Å². The summed E-state index contributed by atoms with van der Waals surface area (Å²) in [5.41, 5.74) is 0. The highest BCUT2D eigenvalue weighted by molar-refractivity contribution is 7.47. The first-order valence-corrected chi connectivity index (χ1v) is 23.3. The number of ketones is 1. The Morgan fingerprint density at radius 2 is 1.12 bits per heavy atom. The van der Waals surface area contributed by atoms with Crippen LogP contribution in [0.1, 0.15) is 168 Å². The number of hydrogen-bond acceptors (Lipinski definition) is 8. The van der Waals surface area contributed by atoms with E-state index in [4.69, 9.17) is 18.5 Å². The zero-order chi connectivity index (χ0) is 41.6. The molecule has 1 N–H and O–H groups in total. The number of phosphoric ester groups is 1. The average molecular weight is 811 g/mol. The minimum atomic E-state index is -4.40. The molecule has 0 heterocycles. The maximum absolute atomic E-state index is 12.7. The lowest BCUT2D eigenvalue weighted by molar-refractivity contribution is -0.870. The van der Waals surface area contributed by atoms with Crippen molar-refractivity contribution in [3.63, 3.8) is 0 Å². The molecule has 0 fully saturated rings. The summed E-state index contributed by atoms with van der Waals surface area (Å²) in [5.74, 6) is -0.729. The fourth-order valence-electron chi connectivity index (χ4n) is 5.61. The molecule has 0 spiro atoms. The highest BCUT2D eigenvalue weighted by atomic mass is 31.2. The monoisotopic (exact) mass is 811 g/mol. The molecule has 0 aromatic rings. The number of hydrogen-bond donors (Lipinski definition) is 1. The Morgan fingerprint density at radius 1 is 0.607 bits per heavy atom. The lowest BCUT2D eigenvalue weighted by Crippen LogP contribution is -2.37. The molecular formula is C45H81NO9P+. The summed E-state index contributed by atoms with van der Waals surface area (Å²) in [7, 11) is 1.40. The molecule has 11 heteroatoms. The van der Waals surface area contributed by atoms with E-state index >= 15 is 0 Å². The first-order valence-electron chi connectivity index (χ1n) is 21.8. The summed E-state index contributed by atoms with van der Waals surface area (Å²) in [6, 6.07) is 0. The minimum Gasteiger partial charge on any atom is -0.462 e. The maximum atomic E-state index is 12.7. The van der Waals surface area contributed by atoms with Crippen LogP contribution in [0.4, 0.5) is 0 Å². The van der Waals surface area contributed by atoms with Gasteiger partial charge in [-0.3, -0.25) is 23.4 Å². The average Bonchev–Trinajstić information content (AvgIpc) is 3.14. The van der Waals surface area contributed by atoms with Crippen LogP contribution in [0.5, 0.6) is 0 Å². The first-order chi connectivity index (χ1) is 26.9. The van der Waals surface area contributed by atoms with Gasteiger partial charge in [0.2, 0.25) is 0 Å². The van der Waals surface area contributed by atoms with Gasteiger partial charge in [0.05, 0.1) is 27.7 Å². The van der Waals surface area contributed by atoms with Gasteiger partial charge in [-0.25, -0.2) is 4.57 Å². The van der Waals surface area contributed by atoms with Crippen LogP contribution in [-0.2, 0) is 37.5 Å². The molecule has 324 valence electrons. The Balaban J connectivity index is 4.51. The predicted molar refractivity (Wildman–Crippen MR) is 229 cm³/mol. The van der Waals surface area contributed by atoms with Crippen molar-refractivity contribution in [1.29, 1.82) is 0 Å². The Bertz CT molecular complexity index is 1160. The molecule has 0 aliphatic rings. The highest BCUT2D eigenvalue weighted by Crippen LogP contribution is 2.43.